The Labute approximate surface area is 201 Å². The maximum atomic E-state index is 12.8. The third-order valence-electron chi connectivity index (χ3n) is 6.01. The Balaban J connectivity index is 1.34. The molecule has 1 amide bonds. The van der Waals surface area contributed by atoms with Gasteiger partial charge in [0.25, 0.3) is 0 Å². The lowest BCUT2D eigenvalue weighted by Crippen LogP contribution is -2.40. The number of aliphatic hydroxyl groups excluding tert-OH is 1. The van der Waals surface area contributed by atoms with Crippen LogP contribution in [-0.4, -0.2) is 53.8 Å². The summed E-state index contributed by atoms with van der Waals surface area (Å²) in [5.41, 5.74) is 0.822. The van der Waals surface area contributed by atoms with Crippen LogP contribution in [0.25, 0.3) is 10.8 Å². The fourth-order valence-electron chi connectivity index (χ4n) is 3.95. The van der Waals surface area contributed by atoms with Crippen LogP contribution in [0, 0.1) is 0 Å². The number of aromatic nitrogens is 1. The molecule has 2 heterocycles. The summed E-state index contributed by atoms with van der Waals surface area (Å²) in [6.07, 6.45) is 1.43. The average molecular weight is 508 g/mol. The van der Waals surface area contributed by atoms with Crippen LogP contribution in [0.4, 0.5) is 0 Å². The van der Waals surface area contributed by atoms with Gasteiger partial charge in [-0.15, -0.1) is 11.3 Å². The Morgan fingerprint density at radius 1 is 1.18 bits per heavy atom. The first-order valence-corrected chi connectivity index (χ1v) is 13.7. The van der Waals surface area contributed by atoms with Gasteiger partial charge < -0.3 is 14.6 Å². The number of carbonyl (C=O) groups is 1. The van der Waals surface area contributed by atoms with Gasteiger partial charge in [0.15, 0.2) is 14.6 Å². The van der Waals surface area contributed by atoms with Gasteiger partial charge in [-0.1, -0.05) is 23.7 Å². The van der Waals surface area contributed by atoms with Crippen molar-refractivity contribution in [2.45, 2.75) is 36.8 Å². The number of sulfone groups is 1. The molecule has 0 saturated carbocycles. The molecule has 0 bridgehead atoms. The van der Waals surface area contributed by atoms with Crippen LogP contribution in [-0.2, 0) is 28.3 Å². The van der Waals surface area contributed by atoms with Crippen LogP contribution in [0.15, 0.2) is 51.7 Å². The average Bonchev–Trinajstić information content (AvgIpc) is 3.16. The molecule has 0 spiro atoms. The molecule has 1 fully saturated rings. The van der Waals surface area contributed by atoms with E-state index < -0.39 is 9.84 Å². The number of benzene rings is 2. The summed E-state index contributed by atoms with van der Waals surface area (Å²) in [6.45, 7) is 1.10. The standard InChI is InChI=1S/C23H26ClN3O4S2/c1-26-20(14-28)15-32-23(26)25-19-6-9-27(10-7-19)22(29)8-11-33(30,31)21-5-3-16-12-18(24)4-2-17(16)13-21/h2-5,12-13,15,19,28H,6-11,14H2,1H3/b25-23-. The maximum Gasteiger partial charge on any atom is 0.223 e. The van der Waals surface area contributed by atoms with Gasteiger partial charge in [0.05, 0.1) is 29.0 Å². The highest BCUT2D eigenvalue weighted by molar-refractivity contribution is 7.91. The van der Waals surface area contributed by atoms with E-state index in [1.54, 1.807) is 41.3 Å². The lowest BCUT2D eigenvalue weighted by atomic mass is 10.1. The van der Waals surface area contributed by atoms with Crippen molar-refractivity contribution in [3.63, 3.8) is 0 Å². The van der Waals surface area contributed by atoms with E-state index in [1.165, 1.54) is 11.3 Å². The first-order valence-electron chi connectivity index (χ1n) is 10.7. The molecule has 1 aliphatic heterocycles. The Kier molecular flexibility index (Phi) is 7.23. The summed E-state index contributed by atoms with van der Waals surface area (Å²) < 4.78 is 27.5. The van der Waals surface area contributed by atoms with Crippen molar-refractivity contribution in [3.05, 3.63) is 57.3 Å². The number of nitrogens with zero attached hydrogens (tertiary/aromatic N) is 3. The van der Waals surface area contributed by atoms with Crippen LogP contribution in [0.1, 0.15) is 25.0 Å². The van der Waals surface area contributed by atoms with Crippen LogP contribution < -0.4 is 4.80 Å². The molecule has 0 aliphatic carbocycles. The number of amides is 1. The van der Waals surface area contributed by atoms with E-state index >= 15 is 0 Å². The Bertz CT molecular complexity index is 1340. The first kappa shape index (κ1) is 23.9. The fraction of sp³-hybridized carbons (Fsp3) is 0.391. The second-order valence-electron chi connectivity index (χ2n) is 8.19. The number of carbonyl (C=O) groups excluding carboxylic acids is 1. The molecule has 33 heavy (non-hydrogen) atoms. The van der Waals surface area contributed by atoms with Crippen molar-refractivity contribution in [1.82, 2.24) is 9.47 Å². The number of fused-ring (bicyclic) bond motifs is 1. The van der Waals surface area contributed by atoms with E-state index in [-0.39, 0.29) is 35.6 Å². The van der Waals surface area contributed by atoms with Gasteiger partial charge in [-0.3, -0.25) is 9.79 Å². The lowest BCUT2D eigenvalue weighted by Gasteiger charge is -2.30. The number of halogens is 1. The van der Waals surface area contributed by atoms with Crippen molar-refractivity contribution in [1.29, 1.82) is 0 Å². The molecule has 0 atom stereocenters. The van der Waals surface area contributed by atoms with Crippen LogP contribution >= 0.6 is 22.9 Å². The molecule has 4 rings (SSSR count). The minimum Gasteiger partial charge on any atom is -0.390 e. The molecule has 1 aromatic heterocycles. The van der Waals surface area contributed by atoms with Gasteiger partial charge >= 0.3 is 0 Å². The van der Waals surface area contributed by atoms with E-state index in [1.807, 2.05) is 17.0 Å². The number of piperidine rings is 1. The predicted octanol–water partition coefficient (Wildman–Crippen LogP) is 3.14. The highest BCUT2D eigenvalue weighted by atomic mass is 35.5. The minimum atomic E-state index is -3.57. The molecule has 0 unspecified atom stereocenters. The zero-order chi connectivity index (χ0) is 23.6. The van der Waals surface area contributed by atoms with Crippen molar-refractivity contribution < 1.29 is 18.3 Å². The topological polar surface area (TPSA) is 92.0 Å². The number of likely N-dealkylation sites (tertiary alicyclic amines) is 1. The zero-order valence-electron chi connectivity index (χ0n) is 18.3. The van der Waals surface area contributed by atoms with Crippen LogP contribution in [0.5, 0.6) is 0 Å². The molecule has 10 heteroatoms. The normalized spacial score (nSPS) is 16.0. The third-order valence-corrected chi connectivity index (χ3v) is 8.94. The number of hydrogen-bond acceptors (Lipinski definition) is 6. The van der Waals surface area contributed by atoms with Crippen molar-refractivity contribution >= 4 is 49.5 Å². The summed E-state index contributed by atoms with van der Waals surface area (Å²) >= 11 is 7.49. The highest BCUT2D eigenvalue weighted by Crippen LogP contribution is 2.24. The highest BCUT2D eigenvalue weighted by Gasteiger charge is 2.24. The van der Waals surface area contributed by atoms with Crippen molar-refractivity contribution in [3.8, 4) is 0 Å². The van der Waals surface area contributed by atoms with Gasteiger partial charge in [-0.05, 0) is 47.9 Å². The summed E-state index contributed by atoms with van der Waals surface area (Å²) in [7, 11) is -1.69. The van der Waals surface area contributed by atoms with E-state index in [0.29, 0.717) is 18.1 Å². The Morgan fingerprint density at radius 3 is 2.58 bits per heavy atom. The molecular formula is C23H26ClN3O4S2. The fourth-order valence-corrected chi connectivity index (χ4v) is 6.35. The molecule has 1 N–H and O–H groups in total. The van der Waals surface area contributed by atoms with Gasteiger partial charge in [0.1, 0.15) is 0 Å². The summed E-state index contributed by atoms with van der Waals surface area (Å²) in [4.78, 5) is 20.2. The molecule has 3 aromatic rings. The van der Waals surface area contributed by atoms with E-state index in [0.717, 1.165) is 34.1 Å². The molecule has 1 saturated heterocycles. The number of hydrogen-bond donors (Lipinski definition) is 1. The lowest BCUT2D eigenvalue weighted by molar-refractivity contribution is -0.131. The molecule has 0 radical (unpaired) electrons. The first-order chi connectivity index (χ1) is 15.8. The predicted molar refractivity (Wildman–Crippen MR) is 130 cm³/mol. The van der Waals surface area contributed by atoms with Gasteiger partial charge in [0, 0.05) is 37.0 Å². The summed E-state index contributed by atoms with van der Waals surface area (Å²) in [5.74, 6) is -0.363. The monoisotopic (exact) mass is 507 g/mol. The van der Waals surface area contributed by atoms with E-state index in [2.05, 4.69) is 0 Å². The second-order valence-corrected chi connectivity index (χ2v) is 11.6. The maximum absolute atomic E-state index is 12.8. The quantitative estimate of drug-likeness (QED) is 0.554. The molecule has 1 aliphatic rings. The third kappa shape index (κ3) is 5.48. The van der Waals surface area contributed by atoms with Gasteiger partial charge in [-0.25, -0.2) is 8.42 Å². The summed E-state index contributed by atoms with van der Waals surface area (Å²) in [5, 5.41) is 13.5. The number of aliphatic hydroxyl groups is 1. The Morgan fingerprint density at radius 2 is 1.88 bits per heavy atom. The van der Waals surface area contributed by atoms with E-state index in [9.17, 15) is 18.3 Å². The van der Waals surface area contributed by atoms with Crippen molar-refractivity contribution in [2.24, 2.45) is 12.0 Å². The summed E-state index contributed by atoms with van der Waals surface area (Å²) in [6, 6.07) is 10.4. The number of rotatable bonds is 6. The minimum absolute atomic E-state index is 0.0219. The number of thiazole rings is 1. The zero-order valence-corrected chi connectivity index (χ0v) is 20.7. The second kappa shape index (κ2) is 9.97. The van der Waals surface area contributed by atoms with Gasteiger partial charge in [-0.2, -0.15) is 0 Å². The molecule has 2 aromatic carbocycles. The van der Waals surface area contributed by atoms with Crippen molar-refractivity contribution in [2.75, 3.05) is 18.8 Å². The molecule has 7 nitrogen and oxygen atoms in total. The smallest absolute Gasteiger partial charge is 0.223 e. The van der Waals surface area contributed by atoms with E-state index in [4.69, 9.17) is 16.6 Å². The molecule has 176 valence electrons. The SMILES string of the molecule is Cn1c(CO)cs/c1=N\C1CCN(C(=O)CCS(=O)(=O)c2ccc3cc(Cl)ccc3c2)CC1. The molecular weight excluding hydrogens is 482 g/mol. The van der Waals surface area contributed by atoms with Crippen LogP contribution in [0.2, 0.25) is 5.02 Å². The Hall–Kier alpha value is -2.20. The largest absolute Gasteiger partial charge is 0.390 e. The van der Waals surface area contributed by atoms with Gasteiger partial charge in [0.2, 0.25) is 5.91 Å². The van der Waals surface area contributed by atoms with Crippen LogP contribution in [0.3, 0.4) is 0 Å².